The monoisotopic (exact) mass is 729 g/mol. The number of aliphatic carboxylic acids is 2. The number of aromatic nitrogens is 1. The van der Waals surface area contributed by atoms with Crippen LogP contribution in [0.15, 0.2) is 81.8 Å². The Balaban J connectivity index is 1.40. The molecule has 12 heteroatoms. The predicted molar refractivity (Wildman–Crippen MR) is 199 cm³/mol. The SMILES string of the molecule is COc1ccc2sc(/C=C/C=C3C=C(/C=C4\Sc5ccc(Cl)cc5N4CCSCC(=O)O)CC(C)(C)C/3)[n+](CCSCC(=O)O)c2c1. The molecule has 47 heavy (non-hydrogen) atoms. The summed E-state index contributed by atoms with van der Waals surface area (Å²) < 4.78 is 8.87. The maximum atomic E-state index is 11.1. The Hall–Kier alpha value is -2.83. The topological polar surface area (TPSA) is 91.0 Å². The first-order valence-electron chi connectivity index (χ1n) is 15.2. The summed E-state index contributed by atoms with van der Waals surface area (Å²) in [6, 6.07) is 12.0. The minimum atomic E-state index is -0.801. The third kappa shape index (κ3) is 9.63. The molecule has 0 amide bonds. The van der Waals surface area contributed by atoms with Crippen LogP contribution < -0.4 is 14.2 Å². The van der Waals surface area contributed by atoms with Crippen molar-refractivity contribution in [1.29, 1.82) is 0 Å². The number of benzene rings is 2. The number of rotatable bonds is 14. The zero-order valence-corrected chi connectivity index (χ0v) is 30.6. The van der Waals surface area contributed by atoms with Crippen LogP contribution in [0.3, 0.4) is 0 Å². The molecule has 0 unspecified atom stereocenters. The normalized spacial score (nSPS) is 17.5. The summed E-state index contributed by atoms with van der Waals surface area (Å²) in [6.45, 7) is 5.99. The molecule has 0 fully saturated rings. The molecule has 5 rings (SSSR count). The number of aryl methyl sites for hydroxylation is 1. The molecule has 0 atom stereocenters. The van der Waals surface area contributed by atoms with Crippen LogP contribution in [-0.4, -0.2) is 58.8 Å². The van der Waals surface area contributed by atoms with E-state index in [4.69, 9.17) is 26.6 Å². The quantitative estimate of drug-likeness (QED) is 0.125. The molecule has 0 saturated heterocycles. The number of halogens is 1. The first-order valence-corrected chi connectivity index (χ1v) is 19.5. The van der Waals surface area contributed by atoms with Crippen molar-refractivity contribution < 1.29 is 29.1 Å². The van der Waals surface area contributed by atoms with E-state index in [2.05, 4.69) is 65.8 Å². The molecule has 1 aromatic heterocycles. The molecule has 0 spiro atoms. The summed E-state index contributed by atoms with van der Waals surface area (Å²) >= 11 is 12.6. The van der Waals surface area contributed by atoms with Crippen LogP contribution in [0.2, 0.25) is 5.02 Å². The van der Waals surface area contributed by atoms with Gasteiger partial charge in [-0.15, -0.1) is 23.5 Å². The molecular weight excluding hydrogens is 692 g/mol. The summed E-state index contributed by atoms with van der Waals surface area (Å²) in [5.41, 5.74) is 4.73. The second-order valence-electron chi connectivity index (χ2n) is 12.0. The highest BCUT2D eigenvalue weighted by Crippen LogP contribution is 2.48. The third-order valence-corrected chi connectivity index (χ3v) is 11.9. The van der Waals surface area contributed by atoms with E-state index in [0.717, 1.165) is 49.4 Å². The number of carbonyl (C=O) groups is 2. The van der Waals surface area contributed by atoms with E-state index in [1.165, 1.54) is 34.7 Å². The van der Waals surface area contributed by atoms with Gasteiger partial charge in [0.25, 0.3) is 5.01 Å². The number of thioether (sulfide) groups is 3. The van der Waals surface area contributed by atoms with E-state index >= 15 is 0 Å². The Bertz CT molecular complexity index is 1780. The minimum absolute atomic E-state index is 0.0812. The molecule has 0 radical (unpaired) electrons. The largest absolute Gasteiger partial charge is 0.497 e. The number of hydrogen-bond donors (Lipinski definition) is 2. The maximum Gasteiger partial charge on any atom is 0.313 e. The molecule has 248 valence electrons. The van der Waals surface area contributed by atoms with Crippen LogP contribution in [-0.2, 0) is 16.1 Å². The Kier molecular flexibility index (Phi) is 12.1. The fourth-order valence-corrected chi connectivity index (χ4v) is 9.38. The number of allylic oxidation sites excluding steroid dienone is 6. The van der Waals surface area contributed by atoms with Crippen molar-refractivity contribution in [3.05, 3.63) is 86.9 Å². The van der Waals surface area contributed by atoms with Crippen LogP contribution in [0, 0.1) is 5.41 Å². The van der Waals surface area contributed by atoms with Gasteiger partial charge in [0.1, 0.15) is 10.4 Å². The molecule has 2 aromatic carbocycles. The summed E-state index contributed by atoms with van der Waals surface area (Å²) in [4.78, 5) is 25.5. The van der Waals surface area contributed by atoms with E-state index in [9.17, 15) is 9.59 Å². The molecule has 2 heterocycles. The van der Waals surface area contributed by atoms with Crippen molar-refractivity contribution in [3.63, 3.8) is 0 Å². The van der Waals surface area contributed by atoms with Gasteiger partial charge in [-0.25, -0.2) is 0 Å². The Morgan fingerprint density at radius 2 is 1.85 bits per heavy atom. The van der Waals surface area contributed by atoms with Crippen molar-refractivity contribution in [2.75, 3.05) is 41.6 Å². The molecule has 3 aromatic rings. The first kappa shape index (κ1) is 35.5. The smallest absolute Gasteiger partial charge is 0.313 e. The van der Waals surface area contributed by atoms with Gasteiger partial charge in [0.15, 0.2) is 6.54 Å². The fraction of sp³-hybridized carbons (Fsp3) is 0.343. The number of carboxylic acids is 2. The summed E-state index contributed by atoms with van der Waals surface area (Å²) in [7, 11) is 1.66. The van der Waals surface area contributed by atoms with E-state index in [-0.39, 0.29) is 16.9 Å². The average molecular weight is 730 g/mol. The van der Waals surface area contributed by atoms with Gasteiger partial charge in [-0.3, -0.25) is 9.59 Å². The van der Waals surface area contributed by atoms with Crippen LogP contribution in [0.1, 0.15) is 31.7 Å². The minimum Gasteiger partial charge on any atom is -0.497 e. The van der Waals surface area contributed by atoms with Gasteiger partial charge in [0, 0.05) is 28.3 Å². The lowest BCUT2D eigenvalue weighted by Crippen LogP contribution is -2.36. The summed E-state index contributed by atoms with van der Waals surface area (Å²) in [5.74, 6) is 0.752. The molecule has 1 aliphatic heterocycles. The predicted octanol–water partition coefficient (Wildman–Crippen LogP) is 8.63. The zero-order valence-electron chi connectivity index (χ0n) is 26.5. The molecule has 0 saturated carbocycles. The highest BCUT2D eigenvalue weighted by atomic mass is 35.5. The lowest BCUT2D eigenvalue weighted by molar-refractivity contribution is -0.664. The molecule has 0 bridgehead atoms. The van der Waals surface area contributed by atoms with Crippen molar-refractivity contribution in [2.45, 2.75) is 38.1 Å². The van der Waals surface area contributed by atoms with Crippen LogP contribution in [0.25, 0.3) is 16.3 Å². The standard InChI is InChI=1S/C35H37ClN2O5S4/c1-35(2)19-23(5-4-6-31-37(11-13-44-21-33(39)40)28-18-26(43-3)8-10-30(28)46-31)15-24(20-35)16-32-38(12-14-45-22-34(41)42)27-17-25(36)7-9-29(27)47-32/h4-10,15-18H,11-14,19-22H2,1-3H3,(H-,39,40,41,42)/p+1. The molecular formula is C35H38ClN2O5S4+. The van der Waals surface area contributed by atoms with Gasteiger partial charge in [-0.05, 0) is 65.8 Å². The van der Waals surface area contributed by atoms with Crippen molar-refractivity contribution in [3.8, 4) is 5.75 Å². The van der Waals surface area contributed by atoms with Crippen LogP contribution >= 0.6 is 58.2 Å². The van der Waals surface area contributed by atoms with Gasteiger partial charge in [-0.1, -0.05) is 66.8 Å². The van der Waals surface area contributed by atoms with Crippen LogP contribution in [0.4, 0.5) is 5.69 Å². The Morgan fingerprint density at radius 1 is 1.09 bits per heavy atom. The number of ether oxygens (including phenoxy) is 1. The number of nitrogens with zero attached hydrogens (tertiary/aromatic N) is 2. The number of thiazole rings is 1. The number of anilines is 1. The summed E-state index contributed by atoms with van der Waals surface area (Å²) in [5, 5.41) is 21.1. The number of carboxylic acid groups (broad SMARTS) is 2. The molecule has 2 aliphatic rings. The number of fused-ring (bicyclic) bond motifs is 2. The third-order valence-electron chi connectivity index (χ3n) is 7.59. The highest BCUT2D eigenvalue weighted by molar-refractivity contribution is 8.03. The van der Waals surface area contributed by atoms with Crippen molar-refractivity contribution in [1.82, 2.24) is 0 Å². The Morgan fingerprint density at radius 3 is 2.60 bits per heavy atom. The van der Waals surface area contributed by atoms with E-state index in [1.807, 2.05) is 24.3 Å². The number of methoxy groups -OCH3 is 1. The lowest BCUT2D eigenvalue weighted by Gasteiger charge is -2.31. The van der Waals surface area contributed by atoms with Gasteiger partial charge in [-0.2, -0.15) is 4.57 Å². The second kappa shape index (κ2) is 16.0. The molecule has 2 N–H and O–H groups in total. The molecule has 7 nitrogen and oxygen atoms in total. The average Bonchev–Trinajstić information content (AvgIpc) is 3.52. The van der Waals surface area contributed by atoms with E-state index < -0.39 is 11.9 Å². The Labute approximate surface area is 297 Å². The van der Waals surface area contributed by atoms with Crippen molar-refractivity contribution in [2.24, 2.45) is 5.41 Å². The van der Waals surface area contributed by atoms with Gasteiger partial charge < -0.3 is 19.8 Å². The summed E-state index contributed by atoms with van der Waals surface area (Å²) in [6.07, 6.45) is 12.9. The fourth-order valence-electron chi connectivity index (χ4n) is 5.73. The zero-order chi connectivity index (χ0) is 33.6. The van der Waals surface area contributed by atoms with E-state index in [1.54, 1.807) is 30.2 Å². The number of hydrogen-bond acceptors (Lipinski definition) is 8. The second-order valence-corrected chi connectivity index (χ2v) is 16.8. The first-order chi connectivity index (χ1) is 22.5. The van der Waals surface area contributed by atoms with E-state index in [0.29, 0.717) is 29.6 Å². The van der Waals surface area contributed by atoms with Gasteiger partial charge in [0.05, 0.1) is 41.2 Å². The lowest BCUT2D eigenvalue weighted by atomic mass is 9.75. The highest BCUT2D eigenvalue weighted by Gasteiger charge is 2.29. The maximum absolute atomic E-state index is 11.1. The van der Waals surface area contributed by atoms with Gasteiger partial charge >= 0.3 is 11.9 Å². The molecule has 1 aliphatic carbocycles. The van der Waals surface area contributed by atoms with Crippen LogP contribution in [0.5, 0.6) is 5.75 Å². The van der Waals surface area contributed by atoms with Crippen molar-refractivity contribution >= 4 is 92.1 Å². The van der Waals surface area contributed by atoms with Gasteiger partial charge in [0.2, 0.25) is 5.52 Å².